The van der Waals surface area contributed by atoms with E-state index >= 15 is 0 Å². The molecule has 7 nitrogen and oxygen atoms in total. The first kappa shape index (κ1) is 28.7. The second-order valence-corrected chi connectivity index (χ2v) is 13.6. The van der Waals surface area contributed by atoms with Crippen molar-refractivity contribution in [1.82, 2.24) is 14.7 Å². The quantitative estimate of drug-likeness (QED) is 0.426. The highest BCUT2D eigenvalue weighted by atomic mass is 16.2. The lowest BCUT2D eigenvalue weighted by molar-refractivity contribution is -0.139. The minimum absolute atomic E-state index is 0.00381. The summed E-state index contributed by atoms with van der Waals surface area (Å²) in [6, 6.07) is 3.83. The molecule has 0 N–H and O–H groups in total. The third-order valence-electron chi connectivity index (χ3n) is 10.0. The number of hydrogen-bond donors (Lipinski definition) is 0. The van der Waals surface area contributed by atoms with Crippen molar-refractivity contribution < 1.29 is 19.2 Å². The number of hydrogen-bond acceptors (Lipinski definition) is 5. The van der Waals surface area contributed by atoms with Crippen LogP contribution in [0.15, 0.2) is 12.1 Å². The first-order valence-corrected chi connectivity index (χ1v) is 15.3. The van der Waals surface area contributed by atoms with Crippen LogP contribution in [0.25, 0.3) is 10.9 Å². The first-order chi connectivity index (χ1) is 18.9. The van der Waals surface area contributed by atoms with Crippen molar-refractivity contribution in [3.63, 3.8) is 0 Å². The molecular formula is C33H45N3O4. The molecule has 40 heavy (non-hydrogen) atoms. The summed E-state index contributed by atoms with van der Waals surface area (Å²) >= 11 is 0. The number of nitrogens with zero attached hydrogens (tertiary/aromatic N) is 3. The number of rotatable bonds is 4. The molecule has 0 unspecified atom stereocenters. The van der Waals surface area contributed by atoms with Crippen LogP contribution >= 0.6 is 0 Å². The molecule has 1 aliphatic carbocycles. The minimum atomic E-state index is -0.445. The van der Waals surface area contributed by atoms with Gasteiger partial charge in [-0.2, -0.15) is 5.10 Å². The molecule has 3 heterocycles. The zero-order valence-corrected chi connectivity index (χ0v) is 25.1. The van der Waals surface area contributed by atoms with Gasteiger partial charge in [0.15, 0.2) is 11.6 Å². The zero-order valence-electron chi connectivity index (χ0n) is 25.1. The molecule has 3 atom stereocenters. The van der Waals surface area contributed by atoms with Gasteiger partial charge in [0.2, 0.25) is 5.91 Å². The number of ketones is 3. The largest absolute Gasteiger partial charge is 0.327 e. The van der Waals surface area contributed by atoms with E-state index in [1.807, 2.05) is 11.8 Å². The summed E-state index contributed by atoms with van der Waals surface area (Å²) in [5.41, 5.74) is 3.02. The Bertz CT molecular complexity index is 1370. The highest BCUT2D eigenvalue weighted by Crippen LogP contribution is 2.62. The molecule has 0 spiro atoms. The van der Waals surface area contributed by atoms with E-state index in [4.69, 9.17) is 5.10 Å². The van der Waals surface area contributed by atoms with E-state index < -0.39 is 6.04 Å². The normalized spacial score (nSPS) is 27.1. The molecule has 1 saturated carbocycles. The predicted octanol–water partition coefficient (Wildman–Crippen LogP) is 6.19. The third-order valence-corrected chi connectivity index (χ3v) is 10.0. The third kappa shape index (κ3) is 5.05. The number of carbonyl (C=O) groups excluding carboxylic acids is 4. The molecule has 2 bridgehead atoms. The Balaban J connectivity index is 1.59. The van der Waals surface area contributed by atoms with Gasteiger partial charge in [-0.25, -0.2) is 0 Å². The van der Waals surface area contributed by atoms with Crippen molar-refractivity contribution in [2.75, 3.05) is 0 Å². The fourth-order valence-corrected chi connectivity index (χ4v) is 7.30. The fraction of sp³-hybridized carbons (Fsp3) is 0.667. The van der Waals surface area contributed by atoms with Gasteiger partial charge in [0.05, 0.1) is 11.6 Å². The van der Waals surface area contributed by atoms with Crippen LogP contribution in [0.4, 0.5) is 0 Å². The fourth-order valence-electron chi connectivity index (χ4n) is 7.30. The lowest BCUT2D eigenvalue weighted by Crippen LogP contribution is -2.44. The van der Waals surface area contributed by atoms with Crippen molar-refractivity contribution in [2.45, 2.75) is 130 Å². The van der Waals surface area contributed by atoms with Gasteiger partial charge in [0.25, 0.3) is 0 Å². The molecule has 1 aromatic carbocycles. The Morgan fingerprint density at radius 3 is 2.48 bits per heavy atom. The van der Waals surface area contributed by atoms with Crippen LogP contribution in [-0.2, 0) is 27.3 Å². The molecule has 7 heteroatoms. The second-order valence-electron chi connectivity index (χ2n) is 13.6. The van der Waals surface area contributed by atoms with Crippen molar-refractivity contribution >= 4 is 34.2 Å². The monoisotopic (exact) mass is 547 g/mol. The number of aromatic nitrogens is 2. The molecule has 5 rings (SSSR count). The molecule has 1 saturated heterocycles. The first-order valence-electron chi connectivity index (χ1n) is 15.3. The average Bonchev–Trinajstić information content (AvgIpc) is 3.31. The van der Waals surface area contributed by atoms with Crippen LogP contribution in [0.1, 0.15) is 127 Å². The van der Waals surface area contributed by atoms with Gasteiger partial charge in [-0.3, -0.25) is 23.9 Å². The molecule has 2 aromatic rings. The summed E-state index contributed by atoms with van der Waals surface area (Å²) in [4.78, 5) is 54.9. The molecule has 2 aliphatic heterocycles. The van der Waals surface area contributed by atoms with Gasteiger partial charge in [0, 0.05) is 36.6 Å². The van der Waals surface area contributed by atoms with Crippen LogP contribution in [0.2, 0.25) is 0 Å². The number of piperidine rings is 1. The average molecular weight is 548 g/mol. The molecule has 2 fully saturated rings. The van der Waals surface area contributed by atoms with Crippen LogP contribution < -0.4 is 0 Å². The summed E-state index contributed by atoms with van der Waals surface area (Å²) in [6.07, 6.45) is 7.74. The summed E-state index contributed by atoms with van der Waals surface area (Å²) in [6.45, 7) is 11.8. The Labute approximate surface area is 238 Å². The zero-order chi connectivity index (χ0) is 29.0. The van der Waals surface area contributed by atoms with Crippen molar-refractivity contribution in [2.24, 2.45) is 10.8 Å². The Morgan fingerprint density at radius 2 is 1.80 bits per heavy atom. The Hall–Kier alpha value is -2.83. The van der Waals surface area contributed by atoms with E-state index in [-0.39, 0.29) is 46.8 Å². The topological polar surface area (TPSA) is 89.3 Å². The number of amides is 1. The van der Waals surface area contributed by atoms with Crippen LogP contribution in [0.5, 0.6) is 0 Å². The predicted molar refractivity (Wildman–Crippen MR) is 155 cm³/mol. The molecule has 1 aromatic heterocycles. The van der Waals surface area contributed by atoms with Crippen LogP contribution in [0.3, 0.4) is 0 Å². The number of benzene rings is 1. The Morgan fingerprint density at radius 1 is 1.05 bits per heavy atom. The van der Waals surface area contributed by atoms with Crippen molar-refractivity contribution in [3.05, 3.63) is 29.0 Å². The van der Waals surface area contributed by atoms with E-state index in [2.05, 4.69) is 39.8 Å². The summed E-state index contributed by atoms with van der Waals surface area (Å²) in [5, 5.41) is 5.53. The Kier molecular flexibility index (Phi) is 7.56. The van der Waals surface area contributed by atoms with Crippen molar-refractivity contribution in [1.29, 1.82) is 0 Å². The standard InChI is InChI=1S/C33H45N3O4/c1-7-26(38)25-17-33-14-12-28(39)32(5,6)13-10-8-9-11-22-15-23(20(2)3)16-24-30(21(4)37)34-35(31(22)24)19-29(40)36(25)27(33)18-33/h15-16,20,25,27H,7-14,17-19H2,1-6H3/t25-,27+,33-/m0/s1. The smallest absolute Gasteiger partial charge is 0.245 e. The second kappa shape index (κ2) is 10.5. The van der Waals surface area contributed by atoms with Crippen LogP contribution in [-0.4, -0.2) is 50.0 Å². The molecule has 3 aliphatic rings. The lowest BCUT2D eigenvalue weighted by Gasteiger charge is -2.27. The van der Waals surface area contributed by atoms with Gasteiger partial charge >= 0.3 is 0 Å². The summed E-state index contributed by atoms with van der Waals surface area (Å²) in [5.74, 6) is 0.431. The van der Waals surface area contributed by atoms with Gasteiger partial charge in [-0.05, 0) is 67.1 Å². The van der Waals surface area contributed by atoms with E-state index in [1.54, 1.807) is 4.68 Å². The number of Topliss-reactive ketones (excluding diaryl/α,β-unsaturated/α-hetero) is 3. The molecule has 216 valence electrons. The van der Waals surface area contributed by atoms with E-state index in [0.717, 1.165) is 67.0 Å². The van der Waals surface area contributed by atoms with Gasteiger partial charge < -0.3 is 4.90 Å². The molecule has 0 radical (unpaired) electrons. The van der Waals surface area contributed by atoms with Gasteiger partial charge in [-0.1, -0.05) is 53.5 Å². The van der Waals surface area contributed by atoms with E-state index in [0.29, 0.717) is 30.7 Å². The number of carbonyl (C=O) groups is 4. The lowest BCUT2D eigenvalue weighted by atomic mass is 9.79. The van der Waals surface area contributed by atoms with E-state index in [9.17, 15) is 19.2 Å². The molecular weight excluding hydrogens is 502 g/mol. The SMILES string of the molecule is CCC(=O)[C@@H]1C[C@]23CCC(=O)C(C)(C)CCCCCc4cc(C(C)C)cc5c(C(C)=O)nn(c45)CC(=O)N1[C@@H]2C3. The maximum Gasteiger partial charge on any atom is 0.245 e. The summed E-state index contributed by atoms with van der Waals surface area (Å²) < 4.78 is 1.73. The van der Waals surface area contributed by atoms with E-state index in [1.165, 1.54) is 6.92 Å². The van der Waals surface area contributed by atoms with Gasteiger partial charge in [-0.15, -0.1) is 0 Å². The molecule has 1 amide bonds. The maximum atomic E-state index is 14.0. The van der Waals surface area contributed by atoms with Crippen molar-refractivity contribution in [3.8, 4) is 0 Å². The highest BCUT2D eigenvalue weighted by molar-refractivity contribution is 6.06. The highest BCUT2D eigenvalue weighted by Gasteiger charge is 2.66. The summed E-state index contributed by atoms with van der Waals surface area (Å²) in [7, 11) is 0. The minimum Gasteiger partial charge on any atom is -0.327 e. The van der Waals surface area contributed by atoms with Crippen LogP contribution in [0, 0.1) is 10.8 Å². The van der Waals surface area contributed by atoms with Gasteiger partial charge in [0.1, 0.15) is 18.0 Å². The number of aryl methyl sites for hydroxylation is 1. The maximum absolute atomic E-state index is 14.0.